The summed E-state index contributed by atoms with van der Waals surface area (Å²) < 4.78 is 25.1. The van der Waals surface area contributed by atoms with Gasteiger partial charge in [-0.15, -0.1) is 0 Å². The van der Waals surface area contributed by atoms with Crippen LogP contribution in [0.15, 0.2) is 47.4 Å². The fraction of sp³-hybridized carbons (Fsp3) is 0.143. The Morgan fingerprint density at radius 3 is 2.29 bits per heavy atom. The third kappa shape index (κ3) is 3.47. The summed E-state index contributed by atoms with van der Waals surface area (Å²) in [4.78, 5) is 0.233. The van der Waals surface area contributed by atoms with Crippen molar-refractivity contribution in [1.82, 2.24) is 4.31 Å². The van der Waals surface area contributed by atoms with E-state index in [9.17, 15) is 8.42 Å². The van der Waals surface area contributed by atoms with Gasteiger partial charge in [-0.05, 0) is 42.5 Å². The molecule has 0 spiro atoms. The molecule has 5 nitrogen and oxygen atoms in total. The second-order valence-electron chi connectivity index (χ2n) is 4.68. The maximum Gasteiger partial charge on any atom is 0.242 e. The molecule has 0 atom stereocenters. The first kappa shape index (κ1) is 15.6. The number of nitrogens with one attached hydrogen (secondary N) is 1. The van der Waals surface area contributed by atoms with Crippen molar-refractivity contribution in [3.63, 3.8) is 0 Å². The molecule has 3 N–H and O–H groups in total. The summed E-state index contributed by atoms with van der Waals surface area (Å²) in [7, 11) is -0.434. The minimum atomic E-state index is -3.42. The molecule has 21 heavy (non-hydrogen) atoms. The van der Waals surface area contributed by atoms with Crippen LogP contribution in [0.3, 0.4) is 0 Å². The Hall–Kier alpha value is -1.76. The third-order valence-corrected chi connectivity index (χ3v) is 5.06. The van der Waals surface area contributed by atoms with Crippen LogP contribution in [0.2, 0.25) is 5.02 Å². The Morgan fingerprint density at radius 1 is 1.10 bits per heavy atom. The summed E-state index contributed by atoms with van der Waals surface area (Å²) in [6.07, 6.45) is 0. The van der Waals surface area contributed by atoms with Crippen molar-refractivity contribution in [2.24, 2.45) is 0 Å². The molecule has 0 aliphatic carbocycles. The van der Waals surface area contributed by atoms with E-state index in [4.69, 9.17) is 17.3 Å². The molecule has 0 aromatic heterocycles. The third-order valence-electron chi connectivity index (χ3n) is 2.90. The van der Waals surface area contributed by atoms with Crippen LogP contribution in [0.4, 0.5) is 17.1 Å². The van der Waals surface area contributed by atoms with Crippen LogP contribution in [0.1, 0.15) is 0 Å². The Morgan fingerprint density at radius 2 is 1.71 bits per heavy atom. The van der Waals surface area contributed by atoms with Gasteiger partial charge in [0.25, 0.3) is 0 Å². The lowest BCUT2D eigenvalue weighted by Gasteiger charge is -2.13. The lowest BCUT2D eigenvalue weighted by molar-refractivity contribution is 0.521. The van der Waals surface area contributed by atoms with E-state index >= 15 is 0 Å². The van der Waals surface area contributed by atoms with E-state index in [2.05, 4.69) is 5.32 Å². The van der Waals surface area contributed by atoms with Crippen molar-refractivity contribution >= 4 is 38.7 Å². The van der Waals surface area contributed by atoms with Gasteiger partial charge >= 0.3 is 0 Å². The van der Waals surface area contributed by atoms with Crippen LogP contribution in [0.25, 0.3) is 0 Å². The van der Waals surface area contributed by atoms with E-state index in [0.717, 1.165) is 5.69 Å². The second-order valence-corrected chi connectivity index (χ2v) is 7.24. The van der Waals surface area contributed by atoms with Gasteiger partial charge < -0.3 is 11.1 Å². The zero-order valence-corrected chi connectivity index (χ0v) is 13.2. The predicted octanol–water partition coefficient (Wildman–Crippen LogP) is 2.92. The number of hydrogen-bond acceptors (Lipinski definition) is 4. The molecule has 2 rings (SSSR count). The zero-order chi connectivity index (χ0) is 15.6. The lowest BCUT2D eigenvalue weighted by Crippen LogP contribution is -2.22. The first-order valence-corrected chi connectivity index (χ1v) is 7.97. The van der Waals surface area contributed by atoms with Crippen LogP contribution >= 0.6 is 11.6 Å². The number of nitrogens with zero attached hydrogens (tertiary/aromatic N) is 1. The normalized spacial score (nSPS) is 11.6. The van der Waals surface area contributed by atoms with E-state index in [0.29, 0.717) is 16.4 Å². The largest absolute Gasteiger partial charge is 0.399 e. The summed E-state index contributed by atoms with van der Waals surface area (Å²) in [5.41, 5.74) is 7.69. The zero-order valence-electron chi connectivity index (χ0n) is 11.7. The molecule has 0 heterocycles. The second kappa shape index (κ2) is 5.93. The van der Waals surface area contributed by atoms with E-state index in [1.807, 2.05) is 0 Å². The summed E-state index contributed by atoms with van der Waals surface area (Å²) >= 11 is 6.07. The van der Waals surface area contributed by atoms with Crippen LogP contribution in [0, 0.1) is 0 Å². The molecule has 0 aliphatic rings. The number of anilines is 3. The first-order chi connectivity index (χ1) is 9.80. The molecule has 0 saturated carbocycles. The van der Waals surface area contributed by atoms with Crippen molar-refractivity contribution in [1.29, 1.82) is 0 Å². The molecular formula is C14H16ClN3O2S. The van der Waals surface area contributed by atoms with E-state index < -0.39 is 10.0 Å². The number of benzene rings is 2. The van der Waals surface area contributed by atoms with Gasteiger partial charge in [-0.2, -0.15) is 0 Å². The average molecular weight is 326 g/mol. The van der Waals surface area contributed by atoms with Crippen molar-refractivity contribution in [2.45, 2.75) is 4.90 Å². The van der Waals surface area contributed by atoms with Gasteiger partial charge in [-0.3, -0.25) is 0 Å². The predicted molar refractivity (Wildman–Crippen MR) is 86.5 cm³/mol. The minimum Gasteiger partial charge on any atom is -0.399 e. The molecular weight excluding hydrogens is 310 g/mol. The van der Waals surface area contributed by atoms with E-state index in [1.165, 1.54) is 30.5 Å². The highest BCUT2D eigenvalue weighted by Gasteiger charge is 2.16. The van der Waals surface area contributed by atoms with Gasteiger partial charge in [0.15, 0.2) is 0 Å². The molecule has 0 aliphatic heterocycles. The molecule has 7 heteroatoms. The molecule has 0 fully saturated rings. The molecule has 0 unspecified atom stereocenters. The molecule has 0 bridgehead atoms. The highest BCUT2D eigenvalue weighted by Crippen LogP contribution is 2.28. The highest BCUT2D eigenvalue weighted by molar-refractivity contribution is 7.89. The summed E-state index contributed by atoms with van der Waals surface area (Å²) in [5.74, 6) is 0. The standard InChI is InChI=1S/C14H16ClN3O2S/c1-18(2)21(19,20)12-6-4-11(5-7-12)17-14-9-10(16)3-8-13(14)15/h3-9,17H,16H2,1-2H3. The van der Waals surface area contributed by atoms with Gasteiger partial charge in [-0.25, -0.2) is 12.7 Å². The van der Waals surface area contributed by atoms with Crippen molar-refractivity contribution in [3.05, 3.63) is 47.5 Å². The lowest BCUT2D eigenvalue weighted by atomic mass is 10.2. The molecule has 2 aromatic rings. The van der Waals surface area contributed by atoms with Gasteiger partial charge in [0.2, 0.25) is 10.0 Å². The Balaban J connectivity index is 2.26. The maximum atomic E-state index is 12.0. The number of sulfonamides is 1. The maximum absolute atomic E-state index is 12.0. The number of rotatable bonds is 4. The van der Waals surface area contributed by atoms with E-state index in [-0.39, 0.29) is 4.90 Å². The quantitative estimate of drug-likeness (QED) is 0.847. The van der Waals surface area contributed by atoms with Crippen molar-refractivity contribution in [2.75, 3.05) is 25.1 Å². The van der Waals surface area contributed by atoms with Gasteiger partial charge in [0, 0.05) is 25.5 Å². The monoisotopic (exact) mass is 325 g/mol. The number of hydrogen-bond donors (Lipinski definition) is 2. The van der Waals surface area contributed by atoms with Gasteiger partial charge in [-0.1, -0.05) is 11.6 Å². The average Bonchev–Trinajstić information content (AvgIpc) is 2.43. The Kier molecular flexibility index (Phi) is 4.41. The summed E-state index contributed by atoms with van der Waals surface area (Å²) in [5, 5.41) is 3.64. The Bertz CT molecular complexity index is 743. The van der Waals surface area contributed by atoms with Crippen LogP contribution in [-0.2, 0) is 10.0 Å². The van der Waals surface area contributed by atoms with Crippen LogP contribution in [-0.4, -0.2) is 26.8 Å². The topological polar surface area (TPSA) is 75.4 Å². The number of nitrogen functional groups attached to an aromatic ring is 1. The molecule has 112 valence electrons. The van der Waals surface area contributed by atoms with Gasteiger partial charge in [0.1, 0.15) is 0 Å². The van der Waals surface area contributed by atoms with Crippen molar-refractivity contribution < 1.29 is 8.42 Å². The fourth-order valence-corrected chi connectivity index (χ4v) is 2.78. The number of nitrogens with two attached hydrogens (primary N) is 1. The smallest absolute Gasteiger partial charge is 0.242 e. The molecule has 0 amide bonds. The molecule has 0 saturated heterocycles. The highest BCUT2D eigenvalue weighted by atomic mass is 35.5. The Labute approximate surface area is 129 Å². The first-order valence-electron chi connectivity index (χ1n) is 6.15. The van der Waals surface area contributed by atoms with Gasteiger partial charge in [0.05, 0.1) is 15.6 Å². The summed E-state index contributed by atoms with van der Waals surface area (Å²) in [6, 6.07) is 11.6. The summed E-state index contributed by atoms with van der Waals surface area (Å²) in [6.45, 7) is 0. The van der Waals surface area contributed by atoms with Crippen molar-refractivity contribution in [3.8, 4) is 0 Å². The fourth-order valence-electron chi connectivity index (χ4n) is 1.72. The van der Waals surface area contributed by atoms with E-state index in [1.54, 1.807) is 30.3 Å². The van der Waals surface area contributed by atoms with Crippen LogP contribution in [0.5, 0.6) is 0 Å². The molecule has 2 aromatic carbocycles. The number of halogens is 1. The minimum absolute atomic E-state index is 0.233. The SMILES string of the molecule is CN(C)S(=O)(=O)c1ccc(Nc2cc(N)ccc2Cl)cc1. The van der Waals surface area contributed by atoms with Crippen LogP contribution < -0.4 is 11.1 Å². The molecule has 0 radical (unpaired) electrons.